The van der Waals surface area contributed by atoms with Crippen LogP contribution < -0.4 is 0 Å². The number of benzene rings is 1. The average molecular weight is 345 g/mol. The van der Waals surface area contributed by atoms with Gasteiger partial charge in [-0.2, -0.15) is 0 Å². The van der Waals surface area contributed by atoms with E-state index in [0.717, 1.165) is 35.4 Å². The molecule has 25 heavy (non-hydrogen) atoms. The molecule has 0 radical (unpaired) electrons. The zero-order valence-corrected chi connectivity index (χ0v) is 14.9. The highest BCUT2D eigenvalue weighted by atomic mass is 19.1. The van der Waals surface area contributed by atoms with Crippen molar-refractivity contribution in [1.29, 1.82) is 0 Å². The average Bonchev–Trinajstić information content (AvgIpc) is 2.60. The molecule has 2 aliphatic rings. The second kappa shape index (κ2) is 7.58. The van der Waals surface area contributed by atoms with E-state index < -0.39 is 0 Å². The van der Waals surface area contributed by atoms with E-state index in [1.54, 1.807) is 12.1 Å². The first kappa shape index (κ1) is 18.0. The third-order valence-electron chi connectivity index (χ3n) is 4.97. The lowest BCUT2D eigenvalue weighted by Crippen LogP contribution is -2.37. The molecule has 5 heteroatoms. The highest BCUT2D eigenvalue weighted by Crippen LogP contribution is 2.44. The summed E-state index contributed by atoms with van der Waals surface area (Å²) in [6.07, 6.45) is 2.19. The van der Waals surface area contributed by atoms with E-state index >= 15 is 0 Å². The first-order valence-electron chi connectivity index (χ1n) is 8.78. The number of carbonyl (C=O) groups is 1. The normalized spacial score (nSPS) is 23.7. The molecule has 1 aliphatic carbocycles. The lowest BCUT2D eigenvalue weighted by Gasteiger charge is -2.37. The molecule has 2 atom stereocenters. The third-order valence-corrected chi connectivity index (χ3v) is 4.97. The Labute approximate surface area is 147 Å². The Morgan fingerprint density at radius 2 is 1.96 bits per heavy atom. The van der Waals surface area contributed by atoms with Crippen LogP contribution in [0.3, 0.4) is 0 Å². The van der Waals surface area contributed by atoms with Crippen molar-refractivity contribution in [2.45, 2.75) is 39.0 Å². The largest absolute Gasteiger partial charge is 0.294 e. The number of nitrogens with zero attached hydrogens (tertiary/aromatic N) is 1. The summed E-state index contributed by atoms with van der Waals surface area (Å²) in [5, 5.41) is 0. The van der Waals surface area contributed by atoms with Gasteiger partial charge in [-0.15, -0.1) is 0 Å². The Morgan fingerprint density at radius 3 is 2.60 bits per heavy atom. The summed E-state index contributed by atoms with van der Waals surface area (Å²) in [7, 11) is 1.47. The molecule has 0 spiro atoms. The quantitative estimate of drug-likeness (QED) is 0.593. The van der Waals surface area contributed by atoms with E-state index in [0.29, 0.717) is 13.0 Å². The summed E-state index contributed by atoms with van der Waals surface area (Å²) in [5.74, 6) is -0.199. The van der Waals surface area contributed by atoms with Gasteiger partial charge in [0.1, 0.15) is 5.82 Å². The van der Waals surface area contributed by atoms with Gasteiger partial charge >= 0.3 is 0 Å². The van der Waals surface area contributed by atoms with Gasteiger partial charge < -0.3 is 0 Å². The summed E-state index contributed by atoms with van der Waals surface area (Å²) in [6, 6.07) is 6.40. The predicted octanol–water partition coefficient (Wildman–Crippen LogP) is 4.22. The minimum Gasteiger partial charge on any atom is -0.294 e. The number of hydrogen-bond donors (Lipinski definition) is 0. The fourth-order valence-corrected chi connectivity index (χ4v) is 3.88. The Balaban J connectivity index is 2.13. The van der Waals surface area contributed by atoms with Crippen LogP contribution in [0.2, 0.25) is 0 Å². The third kappa shape index (κ3) is 3.58. The molecule has 1 aliphatic heterocycles. The number of halogens is 1. The number of rotatable bonds is 5. The van der Waals surface area contributed by atoms with Crippen molar-refractivity contribution in [3.05, 3.63) is 46.9 Å². The molecule has 0 saturated heterocycles. The van der Waals surface area contributed by atoms with Gasteiger partial charge in [-0.3, -0.25) is 9.79 Å². The maximum atomic E-state index is 13.4. The summed E-state index contributed by atoms with van der Waals surface area (Å²) < 4.78 is 13.4. The van der Waals surface area contributed by atoms with Crippen LogP contribution in [0.1, 0.15) is 44.6 Å². The Morgan fingerprint density at radius 1 is 1.24 bits per heavy atom. The number of ketones is 1. The molecule has 1 aromatic carbocycles. The van der Waals surface area contributed by atoms with Crippen molar-refractivity contribution in [3.8, 4) is 0 Å². The van der Waals surface area contributed by atoms with Crippen LogP contribution in [0.5, 0.6) is 0 Å². The van der Waals surface area contributed by atoms with Crippen LogP contribution in [0, 0.1) is 17.7 Å². The van der Waals surface area contributed by atoms with Crippen LogP contribution in [-0.4, -0.2) is 25.2 Å². The van der Waals surface area contributed by atoms with Crippen molar-refractivity contribution in [2.24, 2.45) is 16.8 Å². The number of Topliss-reactive ketones (excluding diaryl/α,β-unsaturated/α-hetero) is 1. The van der Waals surface area contributed by atoms with Gasteiger partial charge in [-0.25, -0.2) is 14.2 Å². The standard InChI is InChI=1S/C20H24FNO3/c1-12(2)20-15(11-25-24-3)18(13-7-9-14(21)10-8-13)19-16(22-20)5-4-6-17(19)23/h7-10,12,15,18H,4-6,11H2,1-3H3. The maximum absolute atomic E-state index is 13.4. The minimum absolute atomic E-state index is 0.105. The summed E-state index contributed by atoms with van der Waals surface area (Å²) in [4.78, 5) is 27.6. The van der Waals surface area contributed by atoms with Crippen molar-refractivity contribution in [3.63, 3.8) is 0 Å². The smallest absolute Gasteiger partial charge is 0.161 e. The van der Waals surface area contributed by atoms with Gasteiger partial charge in [0.15, 0.2) is 5.78 Å². The predicted molar refractivity (Wildman–Crippen MR) is 93.7 cm³/mol. The van der Waals surface area contributed by atoms with Gasteiger partial charge in [0, 0.05) is 35.2 Å². The molecule has 134 valence electrons. The van der Waals surface area contributed by atoms with Gasteiger partial charge in [0.05, 0.1) is 13.7 Å². The van der Waals surface area contributed by atoms with E-state index in [1.165, 1.54) is 19.2 Å². The first-order chi connectivity index (χ1) is 12.0. The molecule has 3 rings (SSSR count). The number of carbonyl (C=O) groups excluding carboxylic acids is 1. The van der Waals surface area contributed by atoms with E-state index in [-0.39, 0.29) is 29.4 Å². The molecular formula is C20H24FNO3. The SMILES string of the molecule is COOCC1C(C(C)C)=NC2=C(C(=O)CCC2)C1c1ccc(F)cc1. The van der Waals surface area contributed by atoms with Gasteiger partial charge in [-0.1, -0.05) is 26.0 Å². The number of allylic oxidation sites excluding steroid dienone is 2. The molecule has 0 aromatic heterocycles. The van der Waals surface area contributed by atoms with Gasteiger partial charge in [0.25, 0.3) is 0 Å². The number of aliphatic imine (C=N–C) groups is 1. The zero-order valence-electron chi connectivity index (χ0n) is 14.9. The van der Waals surface area contributed by atoms with Crippen molar-refractivity contribution in [1.82, 2.24) is 0 Å². The highest BCUT2D eigenvalue weighted by Gasteiger charge is 2.40. The molecule has 1 aromatic rings. The first-order valence-corrected chi connectivity index (χ1v) is 8.78. The van der Waals surface area contributed by atoms with Crippen LogP contribution in [-0.2, 0) is 14.6 Å². The second-order valence-corrected chi connectivity index (χ2v) is 6.92. The molecule has 0 amide bonds. The van der Waals surface area contributed by atoms with Gasteiger partial charge in [0.2, 0.25) is 0 Å². The van der Waals surface area contributed by atoms with E-state index in [1.807, 2.05) is 0 Å². The Hall–Kier alpha value is -1.85. The number of hydrogen-bond acceptors (Lipinski definition) is 4. The second-order valence-electron chi connectivity index (χ2n) is 6.92. The lowest BCUT2D eigenvalue weighted by molar-refractivity contribution is -0.277. The summed E-state index contributed by atoms with van der Waals surface area (Å²) >= 11 is 0. The molecule has 2 unspecified atom stereocenters. The Bertz CT molecular complexity index is 706. The molecule has 0 fully saturated rings. The molecule has 0 saturated carbocycles. The van der Waals surface area contributed by atoms with Crippen LogP contribution in [0.4, 0.5) is 4.39 Å². The Kier molecular flexibility index (Phi) is 5.45. The molecule has 0 N–H and O–H groups in total. The van der Waals surface area contributed by atoms with Crippen LogP contribution in [0.15, 0.2) is 40.5 Å². The monoisotopic (exact) mass is 345 g/mol. The zero-order chi connectivity index (χ0) is 18.0. The van der Waals surface area contributed by atoms with E-state index in [2.05, 4.69) is 13.8 Å². The molecule has 4 nitrogen and oxygen atoms in total. The fourth-order valence-electron chi connectivity index (χ4n) is 3.88. The molecule has 1 heterocycles. The fraction of sp³-hybridized carbons (Fsp3) is 0.500. The van der Waals surface area contributed by atoms with E-state index in [4.69, 9.17) is 14.8 Å². The van der Waals surface area contributed by atoms with Crippen molar-refractivity contribution < 1.29 is 19.0 Å². The summed E-state index contributed by atoms with van der Waals surface area (Å²) in [5.41, 5.74) is 3.59. The van der Waals surface area contributed by atoms with Crippen LogP contribution >= 0.6 is 0 Å². The maximum Gasteiger partial charge on any atom is 0.161 e. The van der Waals surface area contributed by atoms with E-state index in [9.17, 15) is 9.18 Å². The van der Waals surface area contributed by atoms with Crippen molar-refractivity contribution in [2.75, 3.05) is 13.7 Å². The van der Waals surface area contributed by atoms with Crippen LogP contribution in [0.25, 0.3) is 0 Å². The summed E-state index contributed by atoms with van der Waals surface area (Å²) in [6.45, 7) is 4.49. The van der Waals surface area contributed by atoms with Crippen molar-refractivity contribution >= 4 is 11.5 Å². The minimum atomic E-state index is -0.286. The topological polar surface area (TPSA) is 47.9 Å². The molecular weight excluding hydrogens is 321 g/mol. The molecule has 0 bridgehead atoms. The van der Waals surface area contributed by atoms with Gasteiger partial charge in [-0.05, 0) is 36.5 Å². The highest BCUT2D eigenvalue weighted by molar-refractivity contribution is 6.03. The lowest BCUT2D eigenvalue weighted by atomic mass is 9.70.